The number of rotatable bonds is 6. The van der Waals surface area contributed by atoms with E-state index in [9.17, 15) is 4.79 Å². The third-order valence-electron chi connectivity index (χ3n) is 2.05. The number of nitrogens with zero attached hydrogens (tertiary/aromatic N) is 2. The van der Waals surface area contributed by atoms with Gasteiger partial charge in [0.2, 0.25) is 0 Å². The third-order valence-corrected chi connectivity index (χ3v) is 3.10. The van der Waals surface area contributed by atoms with Crippen LogP contribution in [0.5, 0.6) is 0 Å². The summed E-state index contributed by atoms with van der Waals surface area (Å²) >= 11 is 1.33. The molecule has 0 fully saturated rings. The number of furan rings is 1. The minimum Gasteiger partial charge on any atom is -0.480 e. The van der Waals surface area contributed by atoms with Crippen molar-refractivity contribution in [2.75, 3.05) is 5.75 Å². The second-order valence-corrected chi connectivity index (χ2v) is 4.48. The Morgan fingerprint density at radius 3 is 3.11 bits per heavy atom. The van der Waals surface area contributed by atoms with E-state index in [4.69, 9.17) is 19.8 Å². The lowest BCUT2D eigenvalue weighted by Gasteiger charge is -2.03. The van der Waals surface area contributed by atoms with Crippen molar-refractivity contribution in [2.24, 2.45) is 5.73 Å². The maximum absolute atomic E-state index is 10.5. The van der Waals surface area contributed by atoms with Crippen LogP contribution in [0.4, 0.5) is 0 Å². The molecular weight excluding hydrogens is 258 g/mol. The van der Waals surface area contributed by atoms with E-state index >= 15 is 0 Å². The number of aromatic nitrogens is 2. The van der Waals surface area contributed by atoms with Gasteiger partial charge in [0.05, 0.1) is 12.0 Å². The molecular formula is C10H11N3O4S. The molecule has 0 spiro atoms. The molecule has 96 valence electrons. The van der Waals surface area contributed by atoms with Gasteiger partial charge in [0.1, 0.15) is 6.04 Å². The largest absolute Gasteiger partial charge is 0.480 e. The Balaban J connectivity index is 1.86. The van der Waals surface area contributed by atoms with Gasteiger partial charge < -0.3 is 19.8 Å². The van der Waals surface area contributed by atoms with Crippen LogP contribution in [0.2, 0.25) is 0 Å². The monoisotopic (exact) mass is 269 g/mol. The number of carbonyl (C=O) groups is 1. The highest BCUT2D eigenvalue weighted by Gasteiger charge is 2.14. The van der Waals surface area contributed by atoms with Crippen molar-refractivity contribution in [3.8, 4) is 11.7 Å². The highest BCUT2D eigenvalue weighted by Crippen LogP contribution is 2.19. The van der Waals surface area contributed by atoms with Gasteiger partial charge >= 0.3 is 5.97 Å². The van der Waals surface area contributed by atoms with E-state index in [-0.39, 0.29) is 0 Å². The summed E-state index contributed by atoms with van der Waals surface area (Å²) in [6, 6.07) is 2.55. The number of thioether (sulfide) groups is 1. The fraction of sp³-hybridized carbons (Fsp3) is 0.300. The maximum Gasteiger partial charge on any atom is 0.321 e. The summed E-state index contributed by atoms with van der Waals surface area (Å²) in [4.78, 5) is 14.6. The normalized spacial score (nSPS) is 12.5. The summed E-state index contributed by atoms with van der Waals surface area (Å²) < 4.78 is 10.1. The van der Waals surface area contributed by atoms with Crippen LogP contribution in [-0.2, 0) is 10.5 Å². The van der Waals surface area contributed by atoms with Crippen LogP contribution in [0.25, 0.3) is 11.7 Å². The first-order valence-electron chi connectivity index (χ1n) is 5.09. The minimum atomic E-state index is -1.02. The number of carboxylic acids is 1. The number of hydrogen-bond acceptors (Lipinski definition) is 7. The van der Waals surface area contributed by atoms with Gasteiger partial charge in [-0.1, -0.05) is 5.16 Å². The van der Waals surface area contributed by atoms with Crippen molar-refractivity contribution in [3.63, 3.8) is 0 Å². The van der Waals surface area contributed by atoms with E-state index in [2.05, 4.69) is 10.1 Å². The molecule has 2 aromatic heterocycles. The maximum atomic E-state index is 10.5. The van der Waals surface area contributed by atoms with Crippen molar-refractivity contribution in [2.45, 2.75) is 11.8 Å². The minimum absolute atomic E-state index is 0.292. The molecule has 0 saturated heterocycles. The van der Waals surface area contributed by atoms with Crippen molar-refractivity contribution in [1.82, 2.24) is 10.1 Å². The van der Waals surface area contributed by atoms with E-state index in [0.717, 1.165) is 0 Å². The van der Waals surface area contributed by atoms with E-state index in [0.29, 0.717) is 29.0 Å². The van der Waals surface area contributed by atoms with Crippen LogP contribution in [0.15, 0.2) is 27.3 Å². The van der Waals surface area contributed by atoms with E-state index < -0.39 is 12.0 Å². The van der Waals surface area contributed by atoms with Gasteiger partial charge in [-0.05, 0) is 12.1 Å². The summed E-state index contributed by atoms with van der Waals surface area (Å²) in [5, 5.41) is 12.4. The number of hydrogen-bond donors (Lipinski definition) is 2. The Labute approximate surface area is 106 Å². The number of nitrogens with two attached hydrogens (primary N) is 1. The van der Waals surface area contributed by atoms with Crippen LogP contribution >= 0.6 is 11.8 Å². The molecule has 2 aromatic rings. The zero-order chi connectivity index (χ0) is 13.0. The van der Waals surface area contributed by atoms with Crippen LogP contribution in [0.1, 0.15) is 5.82 Å². The summed E-state index contributed by atoms with van der Waals surface area (Å²) in [5.41, 5.74) is 5.36. The van der Waals surface area contributed by atoms with Gasteiger partial charge in [-0.25, -0.2) is 0 Å². The van der Waals surface area contributed by atoms with Crippen molar-refractivity contribution < 1.29 is 18.8 Å². The number of carboxylic acid groups (broad SMARTS) is 1. The molecule has 18 heavy (non-hydrogen) atoms. The van der Waals surface area contributed by atoms with Gasteiger partial charge in [-0.2, -0.15) is 16.7 Å². The average molecular weight is 269 g/mol. The lowest BCUT2D eigenvalue weighted by Crippen LogP contribution is -2.32. The molecule has 7 nitrogen and oxygen atoms in total. The molecule has 3 N–H and O–H groups in total. The SMILES string of the molecule is N[C@H](CSCc1noc(-c2ccco2)n1)C(=O)O. The second-order valence-electron chi connectivity index (χ2n) is 3.45. The Hall–Kier alpha value is -1.80. The Morgan fingerprint density at radius 1 is 1.61 bits per heavy atom. The fourth-order valence-corrected chi connectivity index (χ4v) is 1.98. The topological polar surface area (TPSA) is 115 Å². The molecule has 0 amide bonds. The van der Waals surface area contributed by atoms with Gasteiger partial charge in [0.25, 0.3) is 5.89 Å². The molecule has 8 heteroatoms. The molecule has 0 aromatic carbocycles. The number of aliphatic carboxylic acids is 1. The lowest BCUT2D eigenvalue weighted by molar-refractivity contribution is -0.137. The Bertz CT molecular complexity index is 511. The molecule has 0 radical (unpaired) electrons. The van der Waals surface area contributed by atoms with Crippen molar-refractivity contribution in [3.05, 3.63) is 24.2 Å². The molecule has 0 saturated carbocycles. The first-order valence-corrected chi connectivity index (χ1v) is 6.25. The second kappa shape index (κ2) is 5.69. The predicted molar refractivity (Wildman–Crippen MR) is 63.8 cm³/mol. The Morgan fingerprint density at radius 2 is 2.44 bits per heavy atom. The van der Waals surface area contributed by atoms with Crippen LogP contribution in [0.3, 0.4) is 0 Å². The third kappa shape index (κ3) is 3.11. The molecule has 0 aliphatic heterocycles. The van der Waals surface area contributed by atoms with Crippen LogP contribution < -0.4 is 5.73 Å². The van der Waals surface area contributed by atoms with Gasteiger partial charge in [0.15, 0.2) is 11.6 Å². The predicted octanol–water partition coefficient (Wildman–Crippen LogP) is 0.975. The molecule has 2 heterocycles. The molecule has 0 aliphatic rings. The Kier molecular flexibility index (Phi) is 4.00. The summed E-state index contributed by atoms with van der Waals surface area (Å²) in [6.07, 6.45) is 1.51. The quantitative estimate of drug-likeness (QED) is 0.797. The van der Waals surface area contributed by atoms with Crippen LogP contribution in [0, 0.1) is 0 Å². The van der Waals surface area contributed by atoms with E-state index in [1.807, 2.05) is 0 Å². The van der Waals surface area contributed by atoms with Crippen molar-refractivity contribution in [1.29, 1.82) is 0 Å². The average Bonchev–Trinajstić information content (AvgIpc) is 2.98. The zero-order valence-electron chi connectivity index (χ0n) is 9.28. The summed E-state index contributed by atoms with van der Waals surface area (Å²) in [6.45, 7) is 0. The highest BCUT2D eigenvalue weighted by atomic mass is 32.2. The fourth-order valence-electron chi connectivity index (χ4n) is 1.16. The van der Waals surface area contributed by atoms with Gasteiger partial charge in [-0.15, -0.1) is 0 Å². The molecule has 1 atom stereocenters. The molecule has 0 unspecified atom stereocenters. The van der Waals surface area contributed by atoms with Gasteiger partial charge in [-0.3, -0.25) is 4.79 Å². The first-order chi connectivity index (χ1) is 8.66. The van der Waals surface area contributed by atoms with Crippen molar-refractivity contribution >= 4 is 17.7 Å². The standard InChI is InChI=1S/C10H11N3O4S/c11-6(10(14)15)4-18-5-8-12-9(17-13-8)7-2-1-3-16-7/h1-3,6H,4-5,11H2,(H,14,15)/t6-/m1/s1. The van der Waals surface area contributed by atoms with Crippen LogP contribution in [-0.4, -0.2) is 33.0 Å². The van der Waals surface area contributed by atoms with E-state index in [1.165, 1.54) is 18.0 Å². The summed E-state index contributed by atoms with van der Waals surface area (Å²) in [7, 11) is 0. The molecule has 0 bridgehead atoms. The smallest absolute Gasteiger partial charge is 0.321 e. The first kappa shape index (κ1) is 12.7. The van der Waals surface area contributed by atoms with E-state index in [1.54, 1.807) is 12.1 Å². The van der Waals surface area contributed by atoms with Gasteiger partial charge in [0, 0.05) is 5.75 Å². The summed E-state index contributed by atoms with van der Waals surface area (Å²) in [5.74, 6) is 0.987. The molecule has 2 rings (SSSR count). The zero-order valence-corrected chi connectivity index (χ0v) is 10.1. The highest BCUT2D eigenvalue weighted by molar-refractivity contribution is 7.98. The molecule has 0 aliphatic carbocycles. The lowest BCUT2D eigenvalue weighted by atomic mass is 10.4.